The molecule has 1 aromatic carbocycles. The number of nitrogens with one attached hydrogen (secondary N) is 1. The second-order valence-electron chi connectivity index (χ2n) is 6.29. The second kappa shape index (κ2) is 6.41. The van der Waals surface area contributed by atoms with Gasteiger partial charge in [-0.1, -0.05) is 18.2 Å². The van der Waals surface area contributed by atoms with Crippen molar-refractivity contribution in [3.05, 3.63) is 76.4 Å². The molecule has 0 aliphatic heterocycles. The van der Waals surface area contributed by atoms with Crippen LogP contribution in [-0.2, 0) is 16.8 Å². The third kappa shape index (κ3) is 3.07. The van der Waals surface area contributed by atoms with Gasteiger partial charge in [0.25, 0.3) is 0 Å². The first-order chi connectivity index (χ1) is 12.2. The second-order valence-corrected chi connectivity index (χ2v) is 7.07. The van der Waals surface area contributed by atoms with E-state index < -0.39 is 5.41 Å². The van der Waals surface area contributed by atoms with Crippen LogP contribution >= 0.6 is 11.3 Å². The number of hydrogen-bond donors (Lipinski definition) is 1. The molecule has 0 spiro atoms. The topological polar surface area (TPSA) is 42.0 Å². The molecule has 5 heteroatoms. The SMILES string of the molecule is O=C(NCc1cccnc1-c1ccsc1)C1(c2ccc(F)cc2)CC1. The van der Waals surface area contributed by atoms with Crippen molar-refractivity contribution in [2.45, 2.75) is 24.8 Å². The average Bonchev–Trinajstić information content (AvgIpc) is 3.27. The molecule has 1 fully saturated rings. The van der Waals surface area contributed by atoms with E-state index in [0.717, 1.165) is 35.2 Å². The lowest BCUT2D eigenvalue weighted by molar-refractivity contribution is -0.123. The van der Waals surface area contributed by atoms with Gasteiger partial charge in [-0.25, -0.2) is 4.39 Å². The van der Waals surface area contributed by atoms with E-state index in [4.69, 9.17) is 0 Å². The number of rotatable bonds is 5. The molecule has 0 unspecified atom stereocenters. The first-order valence-corrected chi connectivity index (χ1v) is 9.14. The Morgan fingerprint density at radius 2 is 2.00 bits per heavy atom. The molecule has 25 heavy (non-hydrogen) atoms. The summed E-state index contributed by atoms with van der Waals surface area (Å²) in [6.45, 7) is 0.431. The van der Waals surface area contributed by atoms with Crippen molar-refractivity contribution in [1.82, 2.24) is 10.3 Å². The molecule has 1 saturated carbocycles. The maximum absolute atomic E-state index is 13.1. The molecule has 1 amide bonds. The van der Waals surface area contributed by atoms with E-state index in [0.29, 0.717) is 6.54 Å². The van der Waals surface area contributed by atoms with Crippen LogP contribution < -0.4 is 5.32 Å². The van der Waals surface area contributed by atoms with Crippen LogP contribution in [0.1, 0.15) is 24.0 Å². The van der Waals surface area contributed by atoms with Gasteiger partial charge in [0, 0.05) is 23.7 Å². The molecule has 4 rings (SSSR count). The van der Waals surface area contributed by atoms with Crippen LogP contribution in [-0.4, -0.2) is 10.9 Å². The summed E-state index contributed by atoms with van der Waals surface area (Å²) in [5, 5.41) is 7.11. The van der Waals surface area contributed by atoms with Crippen molar-refractivity contribution in [2.75, 3.05) is 0 Å². The average molecular weight is 352 g/mol. The van der Waals surface area contributed by atoms with Crippen molar-refractivity contribution in [1.29, 1.82) is 0 Å². The molecule has 0 radical (unpaired) electrons. The Kier molecular flexibility index (Phi) is 4.09. The lowest BCUT2D eigenvalue weighted by Gasteiger charge is -2.16. The summed E-state index contributed by atoms with van der Waals surface area (Å²) in [5.74, 6) is -0.282. The van der Waals surface area contributed by atoms with Crippen LogP contribution in [0.3, 0.4) is 0 Å². The number of amides is 1. The van der Waals surface area contributed by atoms with E-state index in [2.05, 4.69) is 15.7 Å². The number of benzene rings is 1. The number of halogens is 1. The number of aromatic nitrogens is 1. The van der Waals surface area contributed by atoms with Crippen LogP contribution in [0.25, 0.3) is 11.3 Å². The van der Waals surface area contributed by atoms with Crippen LogP contribution in [0.5, 0.6) is 0 Å². The van der Waals surface area contributed by atoms with Gasteiger partial charge in [-0.2, -0.15) is 11.3 Å². The Labute approximate surface area is 149 Å². The van der Waals surface area contributed by atoms with Gasteiger partial charge in [-0.15, -0.1) is 0 Å². The Bertz CT molecular complexity index is 886. The zero-order valence-electron chi connectivity index (χ0n) is 13.5. The fraction of sp³-hybridized carbons (Fsp3) is 0.200. The van der Waals surface area contributed by atoms with Gasteiger partial charge in [0.1, 0.15) is 5.82 Å². The molecule has 1 aliphatic rings. The van der Waals surface area contributed by atoms with Crippen LogP contribution in [0.15, 0.2) is 59.4 Å². The minimum atomic E-state index is -0.502. The van der Waals surface area contributed by atoms with Gasteiger partial charge in [0.2, 0.25) is 5.91 Å². The molecule has 0 atom stereocenters. The highest BCUT2D eigenvalue weighted by atomic mass is 32.1. The van der Waals surface area contributed by atoms with Crippen molar-refractivity contribution in [3.63, 3.8) is 0 Å². The largest absolute Gasteiger partial charge is 0.351 e. The smallest absolute Gasteiger partial charge is 0.230 e. The van der Waals surface area contributed by atoms with Gasteiger partial charge in [0.15, 0.2) is 0 Å². The van der Waals surface area contributed by atoms with Crippen molar-refractivity contribution >= 4 is 17.2 Å². The highest BCUT2D eigenvalue weighted by molar-refractivity contribution is 7.08. The number of hydrogen-bond acceptors (Lipinski definition) is 3. The summed E-state index contributed by atoms with van der Waals surface area (Å²) in [6.07, 6.45) is 3.36. The third-order valence-electron chi connectivity index (χ3n) is 4.71. The first kappa shape index (κ1) is 16.0. The molecule has 2 heterocycles. The fourth-order valence-corrected chi connectivity index (χ4v) is 3.77. The van der Waals surface area contributed by atoms with Gasteiger partial charge in [0.05, 0.1) is 11.1 Å². The molecular weight excluding hydrogens is 335 g/mol. The molecule has 1 aliphatic carbocycles. The molecule has 2 aromatic heterocycles. The van der Waals surface area contributed by atoms with Crippen molar-refractivity contribution in [2.24, 2.45) is 0 Å². The number of carbonyl (C=O) groups excluding carboxylic acids is 1. The number of thiophene rings is 1. The van der Waals surface area contributed by atoms with Gasteiger partial charge in [-0.3, -0.25) is 9.78 Å². The Morgan fingerprint density at radius 3 is 2.68 bits per heavy atom. The Morgan fingerprint density at radius 1 is 1.20 bits per heavy atom. The summed E-state index contributed by atoms with van der Waals surface area (Å²) in [4.78, 5) is 17.2. The van der Waals surface area contributed by atoms with Crippen LogP contribution in [0, 0.1) is 5.82 Å². The molecule has 3 nitrogen and oxygen atoms in total. The Hall–Kier alpha value is -2.53. The summed E-state index contributed by atoms with van der Waals surface area (Å²) >= 11 is 1.62. The highest BCUT2D eigenvalue weighted by Gasteiger charge is 2.51. The molecule has 0 bridgehead atoms. The van der Waals surface area contributed by atoms with E-state index >= 15 is 0 Å². The molecule has 1 N–H and O–H groups in total. The van der Waals surface area contributed by atoms with Crippen molar-refractivity contribution in [3.8, 4) is 11.3 Å². The van der Waals surface area contributed by atoms with Gasteiger partial charge in [-0.05, 0) is 53.6 Å². The monoisotopic (exact) mass is 352 g/mol. The Balaban J connectivity index is 1.51. The standard InChI is InChI=1S/C20H17FN2OS/c21-17-5-3-16(4-6-17)20(8-9-20)19(24)23-12-14-2-1-10-22-18(14)15-7-11-25-13-15/h1-7,10-11,13H,8-9,12H2,(H,23,24). The van der Waals surface area contributed by atoms with E-state index in [9.17, 15) is 9.18 Å². The quantitative estimate of drug-likeness (QED) is 0.744. The van der Waals surface area contributed by atoms with E-state index in [-0.39, 0.29) is 11.7 Å². The maximum Gasteiger partial charge on any atom is 0.230 e. The first-order valence-electron chi connectivity index (χ1n) is 8.20. The van der Waals surface area contributed by atoms with Crippen molar-refractivity contribution < 1.29 is 9.18 Å². The lowest BCUT2D eigenvalue weighted by atomic mass is 9.95. The summed E-state index contributed by atoms with van der Waals surface area (Å²) in [6, 6.07) is 12.1. The fourth-order valence-electron chi connectivity index (χ4n) is 3.13. The summed E-state index contributed by atoms with van der Waals surface area (Å²) in [7, 11) is 0. The van der Waals surface area contributed by atoms with Gasteiger partial charge < -0.3 is 5.32 Å². The summed E-state index contributed by atoms with van der Waals surface area (Å²) in [5.41, 5.74) is 3.34. The number of nitrogens with zero attached hydrogens (tertiary/aromatic N) is 1. The molecule has 3 aromatic rings. The minimum absolute atomic E-state index is 0.000713. The predicted molar refractivity (Wildman–Crippen MR) is 96.7 cm³/mol. The highest BCUT2D eigenvalue weighted by Crippen LogP contribution is 2.48. The minimum Gasteiger partial charge on any atom is -0.351 e. The van der Waals surface area contributed by atoms with Gasteiger partial charge >= 0.3 is 0 Å². The maximum atomic E-state index is 13.1. The zero-order valence-corrected chi connectivity index (χ0v) is 14.4. The molecule has 126 valence electrons. The summed E-state index contributed by atoms with van der Waals surface area (Å²) < 4.78 is 13.1. The third-order valence-corrected chi connectivity index (χ3v) is 5.39. The van der Waals surface area contributed by atoms with E-state index in [1.165, 1.54) is 12.1 Å². The van der Waals surface area contributed by atoms with E-state index in [1.807, 2.05) is 23.6 Å². The molecule has 0 saturated heterocycles. The van der Waals surface area contributed by atoms with Crippen LogP contribution in [0.4, 0.5) is 4.39 Å². The number of carbonyl (C=O) groups is 1. The normalized spacial score (nSPS) is 14.9. The molecular formula is C20H17FN2OS. The predicted octanol–water partition coefficient (Wildman–Crippen LogP) is 4.30. The number of pyridine rings is 1. The lowest BCUT2D eigenvalue weighted by Crippen LogP contribution is -2.34. The van der Waals surface area contributed by atoms with Crippen LogP contribution in [0.2, 0.25) is 0 Å². The van der Waals surface area contributed by atoms with E-state index in [1.54, 1.807) is 29.7 Å². The zero-order chi connectivity index (χ0) is 17.3.